The Kier molecular flexibility index (Phi) is 26.7. The minimum absolute atomic E-state index is 0.603. The maximum Gasteiger partial charge on any atom is 0.329 e. The van der Waals surface area contributed by atoms with Crippen molar-refractivity contribution in [3.05, 3.63) is 0 Å². The van der Waals surface area contributed by atoms with E-state index < -0.39 is 8.60 Å². The number of unbranched alkanes of at least 4 members (excludes halogenated alkanes) is 5. The summed E-state index contributed by atoms with van der Waals surface area (Å²) < 4.78 is 10.3. The molecule has 1 atom stereocenters. The number of hydrogen-bond donors (Lipinski definition) is 2. The lowest BCUT2D eigenvalue weighted by atomic mass is 10.1. The van der Waals surface area contributed by atoms with Gasteiger partial charge in [0.1, 0.15) is 0 Å². The van der Waals surface area contributed by atoms with Gasteiger partial charge in [0.25, 0.3) is 0 Å². The van der Waals surface area contributed by atoms with Crippen LogP contribution in [0.1, 0.15) is 98.8 Å². The fourth-order valence-electron chi connectivity index (χ4n) is 2.03. The van der Waals surface area contributed by atoms with Crippen LogP contribution in [0.2, 0.25) is 0 Å². The van der Waals surface area contributed by atoms with E-state index in [1.165, 1.54) is 58.0 Å². The second-order valence-electron chi connectivity index (χ2n) is 6.96. The molecule has 0 aromatic heterocycles. The largest absolute Gasteiger partial charge is 0.329 e. The van der Waals surface area contributed by atoms with Crippen LogP contribution in [0.25, 0.3) is 0 Å². The van der Waals surface area contributed by atoms with Crippen LogP contribution in [-0.2, 0) is 9.05 Å². The van der Waals surface area contributed by atoms with Gasteiger partial charge >= 0.3 is 8.60 Å². The van der Waals surface area contributed by atoms with Crippen molar-refractivity contribution in [2.45, 2.75) is 98.8 Å². The Morgan fingerprint density at radius 2 is 1.28 bits per heavy atom. The standard InChI is InChI=1S/C12H27O3P.C8H19N/c1-4-5-10-14-16(13)15-11-8-6-7-9-12(2)3;1-3-5-7-9-8-6-4-2/h12-13H,4-11H2,1-3H3;9H,3-8H2,1-2H3. The SMILES string of the molecule is CCCCNCCCC.CCCCOP(O)OCCCCCC(C)C. The molecule has 0 amide bonds. The van der Waals surface area contributed by atoms with Crippen LogP contribution in [0.5, 0.6) is 0 Å². The molecule has 0 radical (unpaired) electrons. The van der Waals surface area contributed by atoms with Crippen molar-refractivity contribution in [1.29, 1.82) is 0 Å². The molecular weight excluding hydrogens is 333 g/mol. The molecule has 154 valence electrons. The smallest absolute Gasteiger partial charge is 0.328 e. The van der Waals surface area contributed by atoms with Crippen molar-refractivity contribution in [1.82, 2.24) is 5.32 Å². The van der Waals surface area contributed by atoms with Crippen molar-refractivity contribution in [2.75, 3.05) is 26.3 Å². The molecule has 0 aliphatic heterocycles. The van der Waals surface area contributed by atoms with Gasteiger partial charge in [0.2, 0.25) is 0 Å². The summed E-state index contributed by atoms with van der Waals surface area (Å²) in [5.41, 5.74) is 0. The van der Waals surface area contributed by atoms with Crippen LogP contribution in [0, 0.1) is 5.92 Å². The van der Waals surface area contributed by atoms with E-state index in [0.717, 1.165) is 25.2 Å². The molecule has 1 unspecified atom stereocenters. The monoisotopic (exact) mass is 379 g/mol. The molecule has 0 bridgehead atoms. The molecule has 0 rings (SSSR count). The highest BCUT2D eigenvalue weighted by Crippen LogP contribution is 2.33. The van der Waals surface area contributed by atoms with Crippen LogP contribution in [0.4, 0.5) is 0 Å². The van der Waals surface area contributed by atoms with Gasteiger partial charge in [0.05, 0.1) is 13.2 Å². The maximum atomic E-state index is 9.34. The van der Waals surface area contributed by atoms with Crippen molar-refractivity contribution in [3.63, 3.8) is 0 Å². The molecule has 0 heterocycles. The van der Waals surface area contributed by atoms with Crippen LogP contribution < -0.4 is 5.32 Å². The first-order valence-electron chi connectivity index (χ1n) is 10.5. The van der Waals surface area contributed by atoms with Crippen molar-refractivity contribution in [2.24, 2.45) is 5.92 Å². The lowest BCUT2D eigenvalue weighted by Gasteiger charge is -2.10. The molecule has 0 saturated carbocycles. The predicted octanol–water partition coefficient (Wildman–Crippen LogP) is 6.43. The first kappa shape index (κ1) is 27.5. The molecule has 2 N–H and O–H groups in total. The molecule has 25 heavy (non-hydrogen) atoms. The maximum absolute atomic E-state index is 9.34. The topological polar surface area (TPSA) is 50.7 Å². The van der Waals surface area contributed by atoms with Crippen molar-refractivity contribution >= 4 is 8.60 Å². The van der Waals surface area contributed by atoms with Gasteiger partial charge in [-0.2, -0.15) is 0 Å². The Morgan fingerprint density at radius 3 is 1.76 bits per heavy atom. The van der Waals surface area contributed by atoms with Crippen LogP contribution in [-0.4, -0.2) is 31.2 Å². The quantitative estimate of drug-likeness (QED) is 0.226. The lowest BCUT2D eigenvalue weighted by Crippen LogP contribution is -2.15. The summed E-state index contributed by atoms with van der Waals surface area (Å²) in [5, 5.41) is 3.39. The molecule has 0 saturated heterocycles. The van der Waals surface area contributed by atoms with E-state index in [4.69, 9.17) is 9.05 Å². The molecule has 0 spiro atoms. The van der Waals surface area contributed by atoms with Gasteiger partial charge in [-0.15, -0.1) is 0 Å². The lowest BCUT2D eigenvalue weighted by molar-refractivity contribution is 0.194. The van der Waals surface area contributed by atoms with Crippen molar-refractivity contribution < 1.29 is 13.9 Å². The summed E-state index contributed by atoms with van der Waals surface area (Å²) in [6.45, 7) is 14.7. The van der Waals surface area contributed by atoms with Crippen LogP contribution >= 0.6 is 8.60 Å². The summed E-state index contributed by atoms with van der Waals surface area (Å²) in [6, 6.07) is 0. The van der Waals surface area contributed by atoms with Gasteiger partial charge in [0.15, 0.2) is 0 Å². The third kappa shape index (κ3) is 29.3. The minimum Gasteiger partial charge on any atom is -0.328 e. The first-order chi connectivity index (χ1) is 12.1. The third-order valence-electron chi connectivity index (χ3n) is 3.74. The predicted molar refractivity (Wildman–Crippen MR) is 112 cm³/mol. The minimum atomic E-state index is -1.63. The zero-order valence-electron chi connectivity index (χ0n) is 17.7. The summed E-state index contributed by atoms with van der Waals surface area (Å²) in [5.74, 6) is 0.785. The van der Waals surface area contributed by atoms with E-state index in [2.05, 4.69) is 39.9 Å². The van der Waals surface area contributed by atoms with Gasteiger partial charge < -0.3 is 19.3 Å². The zero-order chi connectivity index (χ0) is 19.2. The van der Waals surface area contributed by atoms with Crippen LogP contribution in [0.15, 0.2) is 0 Å². The molecular formula is C20H46NO3P. The highest BCUT2D eigenvalue weighted by Gasteiger charge is 2.05. The second kappa shape index (κ2) is 24.3. The molecule has 0 aromatic carbocycles. The average molecular weight is 380 g/mol. The molecule has 0 fully saturated rings. The van der Waals surface area contributed by atoms with E-state index in [9.17, 15) is 4.89 Å². The Labute approximate surface area is 159 Å². The van der Waals surface area contributed by atoms with Gasteiger partial charge in [-0.1, -0.05) is 73.1 Å². The molecule has 4 nitrogen and oxygen atoms in total. The Hall–Kier alpha value is 0.270. The first-order valence-corrected chi connectivity index (χ1v) is 11.7. The summed E-state index contributed by atoms with van der Waals surface area (Å²) in [6.07, 6.45) is 12.0. The molecule has 0 aliphatic carbocycles. The summed E-state index contributed by atoms with van der Waals surface area (Å²) >= 11 is 0. The van der Waals surface area contributed by atoms with Gasteiger partial charge in [-0.3, -0.25) is 0 Å². The fourth-order valence-corrected chi connectivity index (χ4v) is 2.67. The molecule has 0 aliphatic rings. The number of nitrogens with one attached hydrogen (secondary N) is 1. The second-order valence-corrected chi connectivity index (χ2v) is 7.95. The highest BCUT2D eigenvalue weighted by molar-refractivity contribution is 7.40. The zero-order valence-corrected chi connectivity index (χ0v) is 18.6. The Bertz CT molecular complexity index is 225. The van der Waals surface area contributed by atoms with E-state index in [1.807, 2.05) is 0 Å². The van der Waals surface area contributed by atoms with E-state index in [-0.39, 0.29) is 0 Å². The molecule has 5 heteroatoms. The van der Waals surface area contributed by atoms with Crippen molar-refractivity contribution in [3.8, 4) is 0 Å². The Morgan fingerprint density at radius 1 is 0.760 bits per heavy atom. The summed E-state index contributed by atoms with van der Waals surface area (Å²) in [7, 11) is -1.63. The van der Waals surface area contributed by atoms with E-state index in [0.29, 0.717) is 13.2 Å². The number of rotatable bonds is 17. The normalized spacial score (nSPS) is 12.1. The summed E-state index contributed by atoms with van der Waals surface area (Å²) in [4.78, 5) is 9.34. The van der Waals surface area contributed by atoms with Gasteiger partial charge in [-0.25, -0.2) is 0 Å². The average Bonchev–Trinajstić information content (AvgIpc) is 2.58. The fraction of sp³-hybridized carbons (Fsp3) is 1.00. The van der Waals surface area contributed by atoms with Gasteiger partial charge in [0, 0.05) is 0 Å². The number of hydrogen-bond acceptors (Lipinski definition) is 4. The van der Waals surface area contributed by atoms with Crippen LogP contribution in [0.3, 0.4) is 0 Å². The Balaban J connectivity index is 0. The van der Waals surface area contributed by atoms with E-state index >= 15 is 0 Å². The third-order valence-corrected chi connectivity index (χ3v) is 4.55. The van der Waals surface area contributed by atoms with Gasteiger partial charge in [-0.05, 0) is 44.7 Å². The molecule has 0 aromatic rings. The van der Waals surface area contributed by atoms with E-state index in [1.54, 1.807) is 0 Å². The highest BCUT2D eigenvalue weighted by atomic mass is 31.2.